The van der Waals surface area contributed by atoms with E-state index in [4.69, 9.17) is 9.47 Å². The molecule has 1 N–H and O–H groups in total. The van der Waals surface area contributed by atoms with E-state index in [1.807, 2.05) is 6.92 Å². The molecule has 0 saturated heterocycles. The number of methoxy groups -OCH3 is 1. The Labute approximate surface area is 109 Å². The van der Waals surface area contributed by atoms with E-state index in [9.17, 15) is 0 Å². The number of aromatic nitrogens is 2. The lowest BCUT2D eigenvalue weighted by atomic mass is 10.3. The highest BCUT2D eigenvalue weighted by Gasteiger charge is 2.05. The molecule has 0 saturated carbocycles. The molecular weight excluding hydrogens is 230 g/mol. The monoisotopic (exact) mass is 253 g/mol. The second-order valence-corrected chi connectivity index (χ2v) is 4.10. The minimum Gasteiger partial charge on any atom is -0.481 e. The molecule has 0 aliphatic heterocycles. The Morgan fingerprint density at radius 1 is 1.22 bits per heavy atom. The second kappa shape index (κ2) is 8.69. The number of unbranched alkanes of at least 4 members (excludes halogenated alkanes) is 1. The third-order valence-electron chi connectivity index (χ3n) is 2.63. The molecule has 0 aromatic carbocycles. The third kappa shape index (κ3) is 4.87. The van der Waals surface area contributed by atoms with Gasteiger partial charge >= 0.3 is 0 Å². The summed E-state index contributed by atoms with van der Waals surface area (Å²) in [5.74, 6) is 1.45. The quantitative estimate of drug-likeness (QED) is 0.685. The molecule has 0 spiro atoms. The van der Waals surface area contributed by atoms with Crippen molar-refractivity contribution in [3.05, 3.63) is 11.9 Å². The first-order valence-electron chi connectivity index (χ1n) is 6.46. The van der Waals surface area contributed by atoms with Crippen LogP contribution in [0.4, 0.5) is 5.82 Å². The number of anilines is 1. The van der Waals surface area contributed by atoms with Crippen LogP contribution >= 0.6 is 0 Å². The molecule has 102 valence electrons. The normalized spacial score (nSPS) is 10.4. The van der Waals surface area contributed by atoms with Gasteiger partial charge in [0.05, 0.1) is 12.7 Å². The van der Waals surface area contributed by atoms with Crippen molar-refractivity contribution in [2.24, 2.45) is 0 Å². The van der Waals surface area contributed by atoms with Gasteiger partial charge in [0.25, 0.3) is 0 Å². The summed E-state index contributed by atoms with van der Waals surface area (Å²) in [5, 5.41) is 3.27. The molecule has 1 aromatic heterocycles. The van der Waals surface area contributed by atoms with Crippen molar-refractivity contribution in [2.45, 2.75) is 33.1 Å². The van der Waals surface area contributed by atoms with Crippen molar-refractivity contribution in [1.29, 1.82) is 0 Å². The maximum atomic E-state index is 5.49. The lowest BCUT2D eigenvalue weighted by Crippen LogP contribution is -2.09. The Hall–Kier alpha value is -1.36. The van der Waals surface area contributed by atoms with Gasteiger partial charge in [0, 0.05) is 19.8 Å². The van der Waals surface area contributed by atoms with Gasteiger partial charge in [-0.2, -0.15) is 0 Å². The average Bonchev–Trinajstić information content (AvgIpc) is 2.39. The Morgan fingerprint density at radius 3 is 2.72 bits per heavy atom. The van der Waals surface area contributed by atoms with Gasteiger partial charge in [-0.1, -0.05) is 13.3 Å². The number of rotatable bonds is 9. The standard InChI is InChI=1S/C13H23N3O2/c1-4-5-8-18-9-6-7-14-12-11(2)13(17-3)16-10-15-12/h10H,4-9H2,1-3H3,(H,14,15,16). The summed E-state index contributed by atoms with van der Waals surface area (Å²) < 4.78 is 10.6. The molecule has 1 aromatic rings. The van der Waals surface area contributed by atoms with E-state index in [2.05, 4.69) is 22.2 Å². The smallest absolute Gasteiger partial charge is 0.221 e. The van der Waals surface area contributed by atoms with Gasteiger partial charge in [-0.05, 0) is 19.8 Å². The minimum atomic E-state index is 0.617. The molecule has 0 aliphatic rings. The van der Waals surface area contributed by atoms with Crippen LogP contribution in [0.5, 0.6) is 5.88 Å². The lowest BCUT2D eigenvalue weighted by molar-refractivity contribution is 0.131. The molecule has 1 heterocycles. The SMILES string of the molecule is CCCCOCCCNc1ncnc(OC)c1C. The van der Waals surface area contributed by atoms with Gasteiger partial charge in [-0.25, -0.2) is 9.97 Å². The zero-order valence-electron chi connectivity index (χ0n) is 11.5. The van der Waals surface area contributed by atoms with Crippen LogP contribution < -0.4 is 10.1 Å². The molecule has 18 heavy (non-hydrogen) atoms. The molecule has 1 rings (SSSR count). The fourth-order valence-electron chi connectivity index (χ4n) is 1.55. The second-order valence-electron chi connectivity index (χ2n) is 4.10. The van der Waals surface area contributed by atoms with Gasteiger partial charge < -0.3 is 14.8 Å². The first kappa shape index (κ1) is 14.7. The van der Waals surface area contributed by atoms with E-state index >= 15 is 0 Å². The van der Waals surface area contributed by atoms with E-state index in [-0.39, 0.29) is 0 Å². The number of hydrogen-bond acceptors (Lipinski definition) is 5. The number of hydrogen-bond donors (Lipinski definition) is 1. The van der Waals surface area contributed by atoms with E-state index in [0.717, 1.165) is 44.0 Å². The first-order valence-corrected chi connectivity index (χ1v) is 6.46. The summed E-state index contributed by atoms with van der Waals surface area (Å²) in [5.41, 5.74) is 0.937. The van der Waals surface area contributed by atoms with Crippen molar-refractivity contribution in [3.63, 3.8) is 0 Å². The van der Waals surface area contributed by atoms with Crippen LogP contribution in [-0.4, -0.2) is 36.8 Å². The zero-order valence-corrected chi connectivity index (χ0v) is 11.5. The van der Waals surface area contributed by atoms with E-state index in [1.54, 1.807) is 7.11 Å². The summed E-state index contributed by atoms with van der Waals surface area (Å²) >= 11 is 0. The maximum absolute atomic E-state index is 5.49. The fraction of sp³-hybridized carbons (Fsp3) is 0.692. The first-order chi connectivity index (χ1) is 8.79. The fourth-order valence-corrected chi connectivity index (χ4v) is 1.55. The van der Waals surface area contributed by atoms with Crippen molar-refractivity contribution in [2.75, 3.05) is 32.2 Å². The van der Waals surface area contributed by atoms with Gasteiger partial charge in [0.2, 0.25) is 5.88 Å². The summed E-state index contributed by atoms with van der Waals surface area (Å²) in [4.78, 5) is 8.23. The third-order valence-corrected chi connectivity index (χ3v) is 2.63. The molecule has 0 unspecified atom stereocenters. The van der Waals surface area contributed by atoms with Crippen LogP contribution in [0.3, 0.4) is 0 Å². The highest BCUT2D eigenvalue weighted by Crippen LogP contribution is 2.19. The summed E-state index contributed by atoms with van der Waals surface area (Å²) in [6, 6.07) is 0. The Bertz CT molecular complexity index is 345. The summed E-state index contributed by atoms with van der Waals surface area (Å²) in [6.07, 6.45) is 4.79. The van der Waals surface area contributed by atoms with Crippen molar-refractivity contribution < 1.29 is 9.47 Å². The Kier molecular flexibility index (Phi) is 7.10. The number of nitrogens with zero attached hydrogens (tertiary/aromatic N) is 2. The molecular formula is C13H23N3O2. The van der Waals surface area contributed by atoms with Crippen LogP contribution in [-0.2, 0) is 4.74 Å². The van der Waals surface area contributed by atoms with Crippen LogP contribution in [0, 0.1) is 6.92 Å². The summed E-state index contributed by atoms with van der Waals surface area (Å²) in [6.45, 7) is 6.59. The van der Waals surface area contributed by atoms with Gasteiger partial charge in [0.15, 0.2) is 0 Å². The Balaban J connectivity index is 2.23. The van der Waals surface area contributed by atoms with Crippen LogP contribution in [0.25, 0.3) is 0 Å². The highest BCUT2D eigenvalue weighted by atomic mass is 16.5. The van der Waals surface area contributed by atoms with Crippen molar-refractivity contribution in [1.82, 2.24) is 9.97 Å². The van der Waals surface area contributed by atoms with E-state index in [0.29, 0.717) is 5.88 Å². The van der Waals surface area contributed by atoms with E-state index < -0.39 is 0 Å². The maximum Gasteiger partial charge on any atom is 0.221 e. The molecule has 0 amide bonds. The Morgan fingerprint density at radius 2 is 2.00 bits per heavy atom. The van der Waals surface area contributed by atoms with Crippen LogP contribution in [0.1, 0.15) is 31.7 Å². The molecule has 0 aliphatic carbocycles. The largest absolute Gasteiger partial charge is 0.481 e. The molecule has 0 atom stereocenters. The van der Waals surface area contributed by atoms with Crippen molar-refractivity contribution >= 4 is 5.82 Å². The molecule has 0 fully saturated rings. The summed E-state index contributed by atoms with van der Waals surface area (Å²) in [7, 11) is 1.61. The topological polar surface area (TPSA) is 56.3 Å². The van der Waals surface area contributed by atoms with Crippen LogP contribution in [0.2, 0.25) is 0 Å². The molecule has 5 heteroatoms. The van der Waals surface area contributed by atoms with E-state index in [1.165, 1.54) is 12.7 Å². The zero-order chi connectivity index (χ0) is 13.2. The molecule has 0 bridgehead atoms. The molecule has 5 nitrogen and oxygen atoms in total. The highest BCUT2D eigenvalue weighted by molar-refractivity contribution is 5.47. The number of nitrogens with one attached hydrogen (secondary N) is 1. The van der Waals surface area contributed by atoms with Crippen molar-refractivity contribution in [3.8, 4) is 5.88 Å². The van der Waals surface area contributed by atoms with Gasteiger partial charge in [-0.3, -0.25) is 0 Å². The van der Waals surface area contributed by atoms with Gasteiger partial charge in [-0.15, -0.1) is 0 Å². The van der Waals surface area contributed by atoms with Crippen LogP contribution in [0.15, 0.2) is 6.33 Å². The number of ether oxygens (including phenoxy) is 2. The lowest BCUT2D eigenvalue weighted by Gasteiger charge is -2.10. The predicted octanol–water partition coefficient (Wildman–Crippen LogP) is 2.41. The predicted molar refractivity (Wildman–Crippen MR) is 72.2 cm³/mol. The molecule has 0 radical (unpaired) electrons. The van der Waals surface area contributed by atoms with Gasteiger partial charge in [0.1, 0.15) is 12.1 Å². The average molecular weight is 253 g/mol. The minimum absolute atomic E-state index is 0.617.